The molecule has 2 saturated heterocycles. The van der Waals surface area contributed by atoms with E-state index in [1.807, 2.05) is 4.90 Å². The van der Waals surface area contributed by atoms with Gasteiger partial charge < -0.3 is 14.7 Å². The van der Waals surface area contributed by atoms with Crippen LogP contribution in [0, 0.1) is 5.92 Å². The summed E-state index contributed by atoms with van der Waals surface area (Å²) in [4.78, 5) is 13.8. The molecule has 4 heteroatoms. The maximum atomic E-state index is 11.9. The highest BCUT2D eigenvalue weighted by molar-refractivity contribution is 5.81. The molecule has 0 bridgehead atoms. The number of rotatable bonds is 2. The number of hydrogen-bond acceptors (Lipinski definition) is 3. The van der Waals surface area contributed by atoms with Crippen molar-refractivity contribution in [3.63, 3.8) is 0 Å². The van der Waals surface area contributed by atoms with Crippen LogP contribution in [0.4, 0.5) is 0 Å². The van der Waals surface area contributed by atoms with Gasteiger partial charge in [-0.2, -0.15) is 0 Å². The Balaban J connectivity index is 1.87. The lowest BCUT2D eigenvalue weighted by Crippen LogP contribution is -2.38. The van der Waals surface area contributed by atoms with Gasteiger partial charge in [-0.3, -0.25) is 4.79 Å². The molecule has 2 aliphatic heterocycles. The maximum absolute atomic E-state index is 11.9. The first kappa shape index (κ1) is 10.9. The summed E-state index contributed by atoms with van der Waals surface area (Å²) >= 11 is 0. The number of nitrogens with zero attached hydrogens (tertiary/aromatic N) is 1. The molecule has 0 aromatic carbocycles. The summed E-state index contributed by atoms with van der Waals surface area (Å²) < 4.78 is 5.37. The van der Waals surface area contributed by atoms with Gasteiger partial charge in [-0.15, -0.1) is 0 Å². The molecule has 1 N–H and O–H groups in total. The summed E-state index contributed by atoms with van der Waals surface area (Å²) in [5, 5.41) is 9.45. The molecule has 0 spiro atoms. The topological polar surface area (TPSA) is 49.8 Å². The minimum atomic E-state index is -0.313. The third kappa shape index (κ3) is 2.32. The number of likely N-dealkylation sites (tertiary alicyclic amines) is 1. The standard InChI is InChI=1S/C11H19NO3/c1-8(13)9-4-5-12(7-9)11(14)10-3-2-6-15-10/h8-10,13H,2-7H2,1H3. The molecule has 3 unspecified atom stereocenters. The first-order valence-corrected chi connectivity index (χ1v) is 5.77. The Kier molecular flexibility index (Phi) is 3.26. The van der Waals surface area contributed by atoms with Gasteiger partial charge in [0.25, 0.3) is 5.91 Å². The van der Waals surface area contributed by atoms with E-state index in [-0.39, 0.29) is 24.0 Å². The number of ether oxygens (including phenoxy) is 1. The molecule has 15 heavy (non-hydrogen) atoms. The van der Waals surface area contributed by atoms with Crippen molar-refractivity contribution in [1.82, 2.24) is 4.90 Å². The summed E-state index contributed by atoms with van der Waals surface area (Å²) in [6, 6.07) is 0. The Morgan fingerprint density at radius 1 is 1.53 bits per heavy atom. The maximum Gasteiger partial charge on any atom is 0.251 e. The molecular weight excluding hydrogens is 194 g/mol. The lowest BCUT2D eigenvalue weighted by molar-refractivity contribution is -0.140. The van der Waals surface area contributed by atoms with Crippen LogP contribution in [0.25, 0.3) is 0 Å². The van der Waals surface area contributed by atoms with E-state index in [1.54, 1.807) is 6.92 Å². The monoisotopic (exact) mass is 213 g/mol. The van der Waals surface area contributed by atoms with Crippen LogP contribution in [-0.4, -0.2) is 47.8 Å². The average molecular weight is 213 g/mol. The molecule has 3 atom stereocenters. The van der Waals surface area contributed by atoms with Crippen molar-refractivity contribution in [2.45, 2.75) is 38.4 Å². The molecule has 2 aliphatic rings. The van der Waals surface area contributed by atoms with Gasteiger partial charge in [0.05, 0.1) is 6.10 Å². The van der Waals surface area contributed by atoms with Gasteiger partial charge in [-0.25, -0.2) is 0 Å². The Morgan fingerprint density at radius 2 is 2.33 bits per heavy atom. The van der Waals surface area contributed by atoms with Crippen molar-refractivity contribution in [3.8, 4) is 0 Å². The van der Waals surface area contributed by atoms with E-state index in [1.165, 1.54) is 0 Å². The Bertz CT molecular complexity index is 236. The van der Waals surface area contributed by atoms with Crippen molar-refractivity contribution in [1.29, 1.82) is 0 Å². The van der Waals surface area contributed by atoms with Gasteiger partial charge in [0, 0.05) is 25.6 Å². The quantitative estimate of drug-likeness (QED) is 0.722. The first-order valence-electron chi connectivity index (χ1n) is 5.77. The second kappa shape index (κ2) is 4.49. The third-order valence-corrected chi connectivity index (χ3v) is 3.42. The lowest BCUT2D eigenvalue weighted by Gasteiger charge is -2.20. The van der Waals surface area contributed by atoms with E-state index in [4.69, 9.17) is 4.74 Å². The summed E-state index contributed by atoms with van der Waals surface area (Å²) in [5.41, 5.74) is 0. The van der Waals surface area contributed by atoms with Crippen LogP contribution in [0.15, 0.2) is 0 Å². The fraction of sp³-hybridized carbons (Fsp3) is 0.909. The molecule has 0 aliphatic carbocycles. The Hall–Kier alpha value is -0.610. The van der Waals surface area contributed by atoms with Gasteiger partial charge >= 0.3 is 0 Å². The Labute approximate surface area is 90.2 Å². The molecule has 0 aromatic rings. The summed E-state index contributed by atoms with van der Waals surface area (Å²) in [6.45, 7) is 3.97. The molecule has 86 valence electrons. The van der Waals surface area contributed by atoms with Crippen molar-refractivity contribution in [3.05, 3.63) is 0 Å². The second-order valence-electron chi connectivity index (χ2n) is 4.58. The molecule has 2 fully saturated rings. The number of hydrogen-bond donors (Lipinski definition) is 1. The predicted octanol–water partition coefficient (Wildman–Crippen LogP) is 0.395. The highest BCUT2D eigenvalue weighted by Crippen LogP contribution is 2.23. The summed E-state index contributed by atoms with van der Waals surface area (Å²) in [5.74, 6) is 0.367. The van der Waals surface area contributed by atoms with Crippen LogP contribution in [0.3, 0.4) is 0 Å². The molecule has 0 radical (unpaired) electrons. The third-order valence-electron chi connectivity index (χ3n) is 3.42. The Morgan fingerprint density at radius 3 is 2.87 bits per heavy atom. The van der Waals surface area contributed by atoms with Gasteiger partial charge in [0.2, 0.25) is 0 Å². The van der Waals surface area contributed by atoms with Gasteiger partial charge in [-0.05, 0) is 26.2 Å². The zero-order valence-electron chi connectivity index (χ0n) is 9.19. The lowest BCUT2D eigenvalue weighted by atomic mass is 10.0. The van der Waals surface area contributed by atoms with Crippen LogP contribution in [0.2, 0.25) is 0 Å². The van der Waals surface area contributed by atoms with Crippen LogP contribution >= 0.6 is 0 Å². The van der Waals surface area contributed by atoms with Gasteiger partial charge in [0.15, 0.2) is 0 Å². The van der Waals surface area contributed by atoms with Crippen molar-refractivity contribution in [2.75, 3.05) is 19.7 Å². The van der Waals surface area contributed by atoms with E-state index < -0.39 is 0 Å². The number of aliphatic hydroxyl groups excluding tert-OH is 1. The molecule has 4 nitrogen and oxygen atoms in total. The molecule has 0 saturated carbocycles. The molecule has 0 aromatic heterocycles. The molecule has 2 heterocycles. The normalized spacial score (nSPS) is 33.3. The van der Waals surface area contributed by atoms with E-state index >= 15 is 0 Å². The predicted molar refractivity (Wildman–Crippen MR) is 55.3 cm³/mol. The van der Waals surface area contributed by atoms with Crippen molar-refractivity contribution < 1.29 is 14.6 Å². The smallest absolute Gasteiger partial charge is 0.251 e. The van der Waals surface area contributed by atoms with Crippen LogP contribution in [0.1, 0.15) is 26.2 Å². The highest BCUT2D eigenvalue weighted by atomic mass is 16.5. The van der Waals surface area contributed by atoms with E-state index in [2.05, 4.69) is 0 Å². The van der Waals surface area contributed by atoms with Gasteiger partial charge in [0.1, 0.15) is 6.10 Å². The largest absolute Gasteiger partial charge is 0.393 e. The number of amides is 1. The summed E-state index contributed by atoms with van der Waals surface area (Å²) in [7, 11) is 0. The van der Waals surface area contributed by atoms with Crippen molar-refractivity contribution in [2.24, 2.45) is 5.92 Å². The van der Waals surface area contributed by atoms with Crippen molar-refractivity contribution >= 4 is 5.91 Å². The first-order chi connectivity index (χ1) is 7.18. The SMILES string of the molecule is CC(O)C1CCN(C(=O)C2CCCO2)C1. The number of aliphatic hydroxyl groups is 1. The molecular formula is C11H19NO3. The van der Waals surface area contributed by atoms with E-state index in [9.17, 15) is 9.90 Å². The average Bonchev–Trinajstić information content (AvgIpc) is 2.88. The van der Waals surface area contributed by atoms with Gasteiger partial charge in [-0.1, -0.05) is 0 Å². The summed E-state index contributed by atoms with van der Waals surface area (Å²) in [6.07, 6.45) is 2.24. The zero-order valence-corrected chi connectivity index (χ0v) is 9.19. The zero-order chi connectivity index (χ0) is 10.8. The minimum absolute atomic E-state index is 0.121. The molecule has 1 amide bonds. The fourth-order valence-corrected chi connectivity index (χ4v) is 2.36. The van der Waals surface area contributed by atoms with Crippen LogP contribution < -0.4 is 0 Å². The second-order valence-corrected chi connectivity index (χ2v) is 4.58. The van der Waals surface area contributed by atoms with E-state index in [0.29, 0.717) is 13.2 Å². The minimum Gasteiger partial charge on any atom is -0.393 e. The number of carbonyl (C=O) groups excluding carboxylic acids is 1. The fourth-order valence-electron chi connectivity index (χ4n) is 2.36. The number of carbonyl (C=O) groups is 1. The highest BCUT2D eigenvalue weighted by Gasteiger charge is 2.34. The van der Waals surface area contributed by atoms with E-state index in [0.717, 1.165) is 25.8 Å². The van der Waals surface area contributed by atoms with Crippen LogP contribution in [-0.2, 0) is 9.53 Å². The molecule has 2 rings (SSSR count). The van der Waals surface area contributed by atoms with Crippen LogP contribution in [0.5, 0.6) is 0 Å².